The maximum atomic E-state index is 12.0. The van der Waals surface area contributed by atoms with Crippen LogP contribution >= 0.6 is 0 Å². The Labute approximate surface area is 209 Å². The molecule has 3 aliphatic rings. The molecule has 5 atom stereocenters. The van der Waals surface area contributed by atoms with E-state index in [-0.39, 0.29) is 18.7 Å². The third-order valence-corrected chi connectivity index (χ3v) is 9.17. The molecule has 0 aromatic carbocycles. The van der Waals surface area contributed by atoms with Crippen molar-refractivity contribution in [2.45, 2.75) is 117 Å². The van der Waals surface area contributed by atoms with Crippen molar-refractivity contribution in [3.05, 3.63) is 35.5 Å². The lowest BCUT2D eigenvalue weighted by atomic mass is 9.60. The molecule has 3 nitrogen and oxygen atoms in total. The SMILES string of the molecule is C=C1CC[C@H](OC(=O)CCCO)C/C1=C/C=C1\CCC[C@@]2(C)C1CC[C@@H]2[C@H](C)CCCC(C)C. The molecule has 0 saturated heterocycles. The highest BCUT2D eigenvalue weighted by Gasteiger charge is 2.50. The molecule has 3 heteroatoms. The summed E-state index contributed by atoms with van der Waals surface area (Å²) < 4.78 is 5.68. The number of hydrogen-bond donors (Lipinski definition) is 1. The van der Waals surface area contributed by atoms with Crippen molar-refractivity contribution < 1.29 is 14.6 Å². The van der Waals surface area contributed by atoms with E-state index in [0.717, 1.165) is 42.9 Å². The Morgan fingerprint density at radius 2 is 1.94 bits per heavy atom. The van der Waals surface area contributed by atoms with Gasteiger partial charge in [-0.05, 0) is 86.0 Å². The fourth-order valence-electron chi connectivity index (χ4n) is 7.21. The van der Waals surface area contributed by atoms with Crippen LogP contribution in [0.4, 0.5) is 0 Å². The smallest absolute Gasteiger partial charge is 0.306 e. The summed E-state index contributed by atoms with van der Waals surface area (Å²) in [5, 5.41) is 8.94. The Hall–Kier alpha value is -1.35. The summed E-state index contributed by atoms with van der Waals surface area (Å²) in [6.07, 6.45) is 18.7. The van der Waals surface area contributed by atoms with E-state index >= 15 is 0 Å². The summed E-state index contributed by atoms with van der Waals surface area (Å²) in [7, 11) is 0. The lowest BCUT2D eigenvalue weighted by Gasteiger charge is -2.44. The Bertz CT molecular complexity index is 761. The van der Waals surface area contributed by atoms with Gasteiger partial charge in [-0.2, -0.15) is 0 Å². The molecule has 3 fully saturated rings. The van der Waals surface area contributed by atoms with Crippen molar-refractivity contribution >= 4 is 5.97 Å². The van der Waals surface area contributed by atoms with Crippen LogP contribution in [0.3, 0.4) is 0 Å². The van der Waals surface area contributed by atoms with Crippen LogP contribution in [0.5, 0.6) is 0 Å². The molecule has 0 amide bonds. The first kappa shape index (κ1) is 27.2. The minimum absolute atomic E-state index is 0.0347. The quantitative estimate of drug-likeness (QED) is 0.330. The molecule has 0 heterocycles. The molecule has 0 bridgehead atoms. The summed E-state index contributed by atoms with van der Waals surface area (Å²) in [5.74, 6) is 3.03. The number of allylic oxidation sites excluding steroid dienone is 4. The van der Waals surface area contributed by atoms with Gasteiger partial charge in [-0.3, -0.25) is 4.79 Å². The lowest BCUT2D eigenvalue weighted by molar-refractivity contribution is -0.149. The Morgan fingerprint density at radius 3 is 2.68 bits per heavy atom. The Kier molecular flexibility index (Phi) is 10.1. The van der Waals surface area contributed by atoms with Gasteiger partial charge in [0, 0.05) is 19.4 Å². The summed E-state index contributed by atoms with van der Waals surface area (Å²) in [6, 6.07) is 0. The predicted molar refractivity (Wildman–Crippen MR) is 141 cm³/mol. The first-order valence-corrected chi connectivity index (χ1v) is 14.1. The second kappa shape index (κ2) is 12.6. The van der Waals surface area contributed by atoms with Crippen LogP contribution < -0.4 is 0 Å². The molecule has 0 aromatic heterocycles. The molecular weight excluding hydrogens is 420 g/mol. The zero-order chi connectivity index (χ0) is 24.7. The van der Waals surface area contributed by atoms with Gasteiger partial charge in [-0.25, -0.2) is 0 Å². The van der Waals surface area contributed by atoms with Crippen LogP contribution in [-0.4, -0.2) is 23.8 Å². The van der Waals surface area contributed by atoms with Gasteiger partial charge in [0.1, 0.15) is 6.10 Å². The standard InChI is InChI=1S/C31H50O3/c1-22(2)9-6-10-24(4)28-17-18-29-25(11-7-19-31(28,29)5)14-15-26-21-27(16-13-23(26)3)34-30(33)12-8-20-32/h14-15,22,24,27-29,32H,3,6-13,16-21H2,1-2,4-5H3/b25-14+,26-15-/t24-,27+,28-,29?,31-/m1/s1. The highest BCUT2D eigenvalue weighted by Crippen LogP contribution is 2.60. The molecule has 0 radical (unpaired) electrons. The van der Waals surface area contributed by atoms with Crippen molar-refractivity contribution in [1.82, 2.24) is 0 Å². The number of esters is 1. The van der Waals surface area contributed by atoms with Gasteiger partial charge in [-0.15, -0.1) is 0 Å². The number of carbonyl (C=O) groups excluding carboxylic acids is 1. The number of aliphatic hydroxyl groups excluding tert-OH is 1. The average Bonchev–Trinajstić information content (AvgIpc) is 3.15. The van der Waals surface area contributed by atoms with E-state index in [2.05, 4.69) is 46.4 Å². The van der Waals surface area contributed by atoms with Crippen LogP contribution in [0.25, 0.3) is 0 Å². The number of rotatable bonds is 10. The number of hydrogen-bond acceptors (Lipinski definition) is 3. The molecule has 0 aliphatic heterocycles. The van der Waals surface area contributed by atoms with E-state index in [1.807, 2.05) is 0 Å². The Balaban J connectivity index is 1.65. The summed E-state index contributed by atoms with van der Waals surface area (Å²) in [4.78, 5) is 12.0. The topological polar surface area (TPSA) is 46.5 Å². The fraction of sp³-hybridized carbons (Fsp3) is 0.774. The van der Waals surface area contributed by atoms with Gasteiger partial charge in [0.15, 0.2) is 0 Å². The van der Waals surface area contributed by atoms with E-state index in [1.54, 1.807) is 5.57 Å². The zero-order valence-electron chi connectivity index (χ0n) is 22.4. The van der Waals surface area contributed by atoms with Crippen LogP contribution in [0, 0.1) is 29.1 Å². The molecule has 34 heavy (non-hydrogen) atoms. The molecular formula is C31H50O3. The first-order chi connectivity index (χ1) is 16.2. The molecule has 3 aliphatic carbocycles. The third-order valence-electron chi connectivity index (χ3n) is 9.17. The summed E-state index contributed by atoms with van der Waals surface area (Å²) in [6.45, 7) is 14.1. The molecule has 3 rings (SSSR count). The second-order valence-corrected chi connectivity index (χ2v) is 12.1. The van der Waals surface area contributed by atoms with Crippen LogP contribution in [0.15, 0.2) is 35.5 Å². The highest BCUT2D eigenvalue weighted by molar-refractivity contribution is 5.69. The van der Waals surface area contributed by atoms with E-state index in [4.69, 9.17) is 9.84 Å². The van der Waals surface area contributed by atoms with Crippen LogP contribution in [-0.2, 0) is 9.53 Å². The normalized spacial score (nSPS) is 32.9. The summed E-state index contributed by atoms with van der Waals surface area (Å²) >= 11 is 0. The largest absolute Gasteiger partial charge is 0.462 e. The van der Waals surface area contributed by atoms with Crippen LogP contribution in [0.1, 0.15) is 111 Å². The van der Waals surface area contributed by atoms with Gasteiger partial charge in [-0.1, -0.05) is 76.8 Å². The average molecular weight is 471 g/mol. The van der Waals surface area contributed by atoms with E-state index in [0.29, 0.717) is 18.3 Å². The summed E-state index contributed by atoms with van der Waals surface area (Å²) in [5.41, 5.74) is 4.55. The van der Waals surface area contributed by atoms with E-state index in [9.17, 15) is 4.79 Å². The minimum atomic E-state index is -0.188. The van der Waals surface area contributed by atoms with E-state index in [1.165, 1.54) is 62.5 Å². The van der Waals surface area contributed by atoms with Crippen molar-refractivity contribution in [2.24, 2.45) is 29.1 Å². The molecule has 1 unspecified atom stereocenters. The van der Waals surface area contributed by atoms with Crippen molar-refractivity contribution in [3.8, 4) is 0 Å². The van der Waals surface area contributed by atoms with Gasteiger partial charge in [0.25, 0.3) is 0 Å². The number of carbonyl (C=O) groups is 1. The molecule has 0 spiro atoms. The molecule has 1 N–H and O–H groups in total. The predicted octanol–water partition coefficient (Wildman–Crippen LogP) is 7.94. The fourth-order valence-corrected chi connectivity index (χ4v) is 7.21. The molecule has 192 valence electrons. The minimum Gasteiger partial charge on any atom is -0.462 e. The molecule has 3 saturated carbocycles. The number of fused-ring (bicyclic) bond motifs is 1. The maximum absolute atomic E-state index is 12.0. The highest BCUT2D eigenvalue weighted by atomic mass is 16.5. The van der Waals surface area contributed by atoms with Crippen molar-refractivity contribution in [1.29, 1.82) is 0 Å². The second-order valence-electron chi connectivity index (χ2n) is 12.1. The number of aliphatic hydroxyl groups is 1. The first-order valence-electron chi connectivity index (χ1n) is 14.1. The van der Waals surface area contributed by atoms with Gasteiger partial charge < -0.3 is 9.84 Å². The van der Waals surface area contributed by atoms with Crippen LogP contribution in [0.2, 0.25) is 0 Å². The van der Waals surface area contributed by atoms with Gasteiger partial charge in [0.2, 0.25) is 0 Å². The van der Waals surface area contributed by atoms with Crippen molar-refractivity contribution in [3.63, 3.8) is 0 Å². The third kappa shape index (κ3) is 6.86. The lowest BCUT2D eigenvalue weighted by Crippen LogP contribution is -2.36. The maximum Gasteiger partial charge on any atom is 0.306 e. The number of ether oxygens (including phenoxy) is 1. The van der Waals surface area contributed by atoms with Gasteiger partial charge in [0.05, 0.1) is 0 Å². The molecule has 0 aromatic rings. The van der Waals surface area contributed by atoms with Crippen molar-refractivity contribution in [2.75, 3.05) is 6.61 Å². The zero-order valence-corrected chi connectivity index (χ0v) is 22.4. The van der Waals surface area contributed by atoms with E-state index < -0.39 is 0 Å². The monoisotopic (exact) mass is 470 g/mol. The Morgan fingerprint density at radius 1 is 1.15 bits per heavy atom. The van der Waals surface area contributed by atoms with Gasteiger partial charge >= 0.3 is 5.97 Å².